The van der Waals surface area contributed by atoms with Gasteiger partial charge in [0, 0.05) is 23.9 Å². The Labute approximate surface area is 139 Å². The summed E-state index contributed by atoms with van der Waals surface area (Å²) in [6, 6.07) is 0.251. The van der Waals surface area contributed by atoms with Crippen LogP contribution in [0, 0.1) is 28.6 Å². The van der Waals surface area contributed by atoms with E-state index in [0.717, 1.165) is 25.8 Å². The Bertz CT molecular complexity index is 535. The molecule has 130 valence electrons. The number of aliphatic hydroxyl groups excluding tert-OH is 3. The van der Waals surface area contributed by atoms with Crippen molar-refractivity contribution in [1.82, 2.24) is 5.32 Å². The molecule has 0 radical (unpaired) electrons. The molecule has 4 heteroatoms. The Morgan fingerprint density at radius 2 is 1.96 bits per heavy atom. The Morgan fingerprint density at radius 1 is 1.22 bits per heavy atom. The first-order chi connectivity index (χ1) is 10.8. The molecule has 0 aromatic heterocycles. The van der Waals surface area contributed by atoms with Crippen molar-refractivity contribution in [2.75, 3.05) is 6.54 Å². The average Bonchev–Trinajstić information content (AvgIpc) is 2.73. The molecule has 4 nitrogen and oxygen atoms in total. The molecule has 3 aliphatic carbocycles. The van der Waals surface area contributed by atoms with E-state index < -0.39 is 6.10 Å². The number of fused-ring (bicyclic) bond motifs is 5. The van der Waals surface area contributed by atoms with Crippen LogP contribution in [0.3, 0.4) is 0 Å². The van der Waals surface area contributed by atoms with Gasteiger partial charge in [-0.15, -0.1) is 0 Å². The minimum Gasteiger partial charge on any atom is -0.393 e. The Balaban J connectivity index is 1.73. The molecule has 0 aromatic rings. The Hall–Kier alpha value is -0.420. The molecule has 4 N–H and O–H groups in total. The molecule has 0 amide bonds. The van der Waals surface area contributed by atoms with E-state index >= 15 is 0 Å². The molecule has 4 rings (SSSR count). The van der Waals surface area contributed by atoms with E-state index in [1.165, 1.54) is 5.57 Å². The highest BCUT2D eigenvalue weighted by Crippen LogP contribution is 2.60. The highest BCUT2D eigenvalue weighted by molar-refractivity contribution is 5.30. The van der Waals surface area contributed by atoms with Gasteiger partial charge in [0.25, 0.3) is 0 Å². The third-order valence-electron chi connectivity index (χ3n) is 8.15. The van der Waals surface area contributed by atoms with Crippen LogP contribution in [0.25, 0.3) is 0 Å². The minimum atomic E-state index is -0.469. The molecule has 0 bridgehead atoms. The lowest BCUT2D eigenvalue weighted by atomic mass is 9.52. The molecule has 1 saturated heterocycles. The SMILES string of the molecule is C[C@H]1[C@H](O)CC2C3C(O)C=C4C[C@@H](O)CC[C@]4(C)C3NC[C@@]21C. The number of rotatable bonds is 0. The second-order valence-electron chi connectivity index (χ2n) is 9.14. The summed E-state index contributed by atoms with van der Waals surface area (Å²) in [7, 11) is 0. The second kappa shape index (κ2) is 5.04. The fraction of sp³-hybridized carbons (Fsp3) is 0.895. The molecular weight excluding hydrogens is 290 g/mol. The van der Waals surface area contributed by atoms with Crippen LogP contribution in [0.1, 0.15) is 46.5 Å². The molecule has 4 unspecified atom stereocenters. The quantitative estimate of drug-likeness (QED) is 0.510. The van der Waals surface area contributed by atoms with Gasteiger partial charge in [-0.2, -0.15) is 0 Å². The first-order valence-corrected chi connectivity index (χ1v) is 9.26. The molecule has 2 saturated carbocycles. The lowest BCUT2D eigenvalue weighted by Crippen LogP contribution is -2.66. The molecule has 0 aromatic carbocycles. The first kappa shape index (κ1) is 16.1. The standard InChI is InChI=1S/C19H31NO3/c1-10-14(22)8-13-16-15(23)7-11-6-12(21)4-5-18(11,2)17(16)20-9-19(10,13)3/h7,10,12-17,20-23H,4-6,8-9H2,1-3H3/t10-,12-,13?,14+,15?,16?,17?,18-,19+/m0/s1. The van der Waals surface area contributed by atoms with Gasteiger partial charge >= 0.3 is 0 Å². The van der Waals surface area contributed by atoms with Gasteiger partial charge in [0.2, 0.25) is 0 Å². The Morgan fingerprint density at radius 3 is 2.70 bits per heavy atom. The number of nitrogens with one attached hydrogen (secondary N) is 1. The van der Waals surface area contributed by atoms with Gasteiger partial charge in [0.1, 0.15) is 0 Å². The van der Waals surface area contributed by atoms with Crippen LogP contribution in [0.2, 0.25) is 0 Å². The first-order valence-electron chi connectivity index (χ1n) is 9.26. The van der Waals surface area contributed by atoms with Gasteiger partial charge in [0.05, 0.1) is 18.3 Å². The van der Waals surface area contributed by atoms with Gasteiger partial charge in [-0.3, -0.25) is 0 Å². The maximum Gasteiger partial charge on any atom is 0.0770 e. The summed E-state index contributed by atoms with van der Waals surface area (Å²) in [6.07, 6.45) is 4.36. The van der Waals surface area contributed by atoms with Crippen LogP contribution in [0.4, 0.5) is 0 Å². The van der Waals surface area contributed by atoms with Crippen molar-refractivity contribution in [3.8, 4) is 0 Å². The third-order valence-corrected chi connectivity index (χ3v) is 8.15. The molecule has 23 heavy (non-hydrogen) atoms. The van der Waals surface area contributed by atoms with E-state index in [9.17, 15) is 15.3 Å². The van der Waals surface area contributed by atoms with Crippen LogP contribution in [0.5, 0.6) is 0 Å². The smallest absolute Gasteiger partial charge is 0.0770 e. The summed E-state index contributed by atoms with van der Waals surface area (Å²) >= 11 is 0. The minimum absolute atomic E-state index is 0.0290. The van der Waals surface area contributed by atoms with Crippen LogP contribution >= 0.6 is 0 Å². The zero-order valence-electron chi connectivity index (χ0n) is 14.5. The van der Waals surface area contributed by atoms with Gasteiger partial charge < -0.3 is 20.6 Å². The van der Waals surface area contributed by atoms with E-state index in [2.05, 4.69) is 26.1 Å². The summed E-state index contributed by atoms with van der Waals surface area (Å²) in [6.45, 7) is 7.65. The third kappa shape index (κ3) is 2.05. The van der Waals surface area contributed by atoms with E-state index in [4.69, 9.17) is 0 Å². The predicted octanol–water partition coefficient (Wildman–Crippen LogP) is 1.45. The second-order valence-corrected chi connectivity index (χ2v) is 9.14. The fourth-order valence-electron chi connectivity index (χ4n) is 6.33. The normalized spacial score (nSPS) is 58.9. The largest absolute Gasteiger partial charge is 0.393 e. The summed E-state index contributed by atoms with van der Waals surface area (Å²) in [5.74, 6) is 0.784. The van der Waals surface area contributed by atoms with Gasteiger partial charge in [0.15, 0.2) is 0 Å². The highest BCUT2D eigenvalue weighted by Gasteiger charge is 2.61. The van der Waals surface area contributed by atoms with E-state index in [-0.39, 0.29) is 40.9 Å². The molecule has 1 aliphatic heterocycles. The maximum absolute atomic E-state index is 10.9. The molecule has 0 spiro atoms. The van der Waals surface area contributed by atoms with Gasteiger partial charge in [-0.25, -0.2) is 0 Å². The highest BCUT2D eigenvalue weighted by atomic mass is 16.3. The van der Waals surface area contributed by atoms with E-state index in [1.807, 2.05) is 6.08 Å². The monoisotopic (exact) mass is 321 g/mol. The average molecular weight is 321 g/mol. The molecule has 3 fully saturated rings. The van der Waals surface area contributed by atoms with Crippen molar-refractivity contribution < 1.29 is 15.3 Å². The molecular formula is C19H31NO3. The van der Waals surface area contributed by atoms with Crippen molar-refractivity contribution in [1.29, 1.82) is 0 Å². The summed E-state index contributed by atoms with van der Waals surface area (Å²) < 4.78 is 0. The van der Waals surface area contributed by atoms with Gasteiger partial charge in [-0.1, -0.05) is 32.4 Å². The topological polar surface area (TPSA) is 72.7 Å². The number of hydrogen-bond acceptors (Lipinski definition) is 4. The predicted molar refractivity (Wildman–Crippen MR) is 88.7 cm³/mol. The summed E-state index contributed by atoms with van der Waals surface area (Å²) in [4.78, 5) is 0. The van der Waals surface area contributed by atoms with Crippen LogP contribution in [0.15, 0.2) is 11.6 Å². The molecule has 9 atom stereocenters. The van der Waals surface area contributed by atoms with Crippen LogP contribution in [-0.4, -0.2) is 46.2 Å². The lowest BCUT2D eigenvalue weighted by molar-refractivity contribution is -0.0637. The van der Waals surface area contributed by atoms with Crippen LogP contribution < -0.4 is 5.32 Å². The maximum atomic E-state index is 10.9. The van der Waals surface area contributed by atoms with Crippen molar-refractivity contribution in [2.45, 2.75) is 70.8 Å². The van der Waals surface area contributed by atoms with Crippen molar-refractivity contribution in [3.63, 3.8) is 0 Å². The fourth-order valence-corrected chi connectivity index (χ4v) is 6.33. The number of aliphatic hydroxyl groups is 3. The summed E-state index contributed by atoms with van der Waals surface area (Å²) in [5.41, 5.74) is 1.31. The van der Waals surface area contributed by atoms with Crippen LogP contribution in [-0.2, 0) is 0 Å². The number of hydrogen-bond donors (Lipinski definition) is 4. The zero-order valence-corrected chi connectivity index (χ0v) is 14.5. The van der Waals surface area contributed by atoms with E-state index in [0.29, 0.717) is 12.3 Å². The van der Waals surface area contributed by atoms with Crippen molar-refractivity contribution >= 4 is 0 Å². The van der Waals surface area contributed by atoms with Crippen molar-refractivity contribution in [2.24, 2.45) is 28.6 Å². The summed E-state index contributed by atoms with van der Waals surface area (Å²) in [5, 5.41) is 35.1. The van der Waals surface area contributed by atoms with E-state index in [1.54, 1.807) is 0 Å². The van der Waals surface area contributed by atoms with Gasteiger partial charge in [-0.05, 0) is 42.9 Å². The van der Waals surface area contributed by atoms with Crippen molar-refractivity contribution in [3.05, 3.63) is 11.6 Å². The zero-order chi connectivity index (χ0) is 16.6. The molecule has 4 aliphatic rings. The Kier molecular flexibility index (Phi) is 3.52. The molecule has 1 heterocycles. The number of piperidine rings is 1. The lowest BCUT2D eigenvalue weighted by Gasteiger charge is -2.59.